The minimum atomic E-state index is -0.548. The molecule has 3 heterocycles. The first-order valence-electron chi connectivity index (χ1n) is 13.6. The quantitative estimate of drug-likeness (QED) is 0.334. The maximum Gasteiger partial charge on any atom is 0.265 e. The topological polar surface area (TPSA) is 111 Å². The molecule has 8 heteroatoms. The Morgan fingerprint density at radius 3 is 2.55 bits per heavy atom. The Hall–Kier alpha value is -4.43. The van der Waals surface area contributed by atoms with E-state index >= 15 is 0 Å². The number of likely N-dealkylation sites (tertiary alicyclic amines) is 1. The van der Waals surface area contributed by atoms with E-state index in [1.165, 1.54) is 24.5 Å². The predicted octanol–water partition coefficient (Wildman–Crippen LogP) is 3.79. The van der Waals surface area contributed by atoms with Crippen molar-refractivity contribution >= 4 is 22.6 Å². The van der Waals surface area contributed by atoms with E-state index in [0.29, 0.717) is 52.3 Å². The molecule has 1 saturated carbocycles. The van der Waals surface area contributed by atoms with E-state index < -0.39 is 5.91 Å². The van der Waals surface area contributed by atoms with Gasteiger partial charge in [0, 0.05) is 54.5 Å². The van der Waals surface area contributed by atoms with Gasteiger partial charge in [-0.2, -0.15) is 0 Å². The summed E-state index contributed by atoms with van der Waals surface area (Å²) in [5.41, 5.74) is 10.3. The zero-order chi connectivity index (χ0) is 28.1. The predicted molar refractivity (Wildman–Crippen MR) is 154 cm³/mol. The fraction of sp³-hybridized carbons (Fsp3) is 0.281. The van der Waals surface area contributed by atoms with Crippen LogP contribution in [0.15, 0.2) is 72.2 Å². The first-order valence-corrected chi connectivity index (χ1v) is 13.6. The number of nitrogens with two attached hydrogens (primary N) is 1. The SMILES string of the molecule is C=CC(=O)N1CCC1Cc1cc2cc(C3CC3)ccc2c(=O)n1-c1cccc(-c2cc(C(N)=O)n(C)c2)c1CO. The summed E-state index contributed by atoms with van der Waals surface area (Å²) in [5, 5.41) is 12.1. The summed E-state index contributed by atoms with van der Waals surface area (Å²) in [5.74, 6) is -0.112. The highest BCUT2D eigenvalue weighted by atomic mass is 16.3. The van der Waals surface area contributed by atoms with Gasteiger partial charge in [0.05, 0.1) is 12.3 Å². The van der Waals surface area contributed by atoms with Crippen LogP contribution in [0.25, 0.3) is 27.6 Å². The van der Waals surface area contributed by atoms with Crippen LogP contribution in [-0.2, 0) is 24.9 Å². The van der Waals surface area contributed by atoms with Crippen LogP contribution >= 0.6 is 0 Å². The molecule has 1 unspecified atom stereocenters. The number of aromatic nitrogens is 2. The van der Waals surface area contributed by atoms with Crippen molar-refractivity contribution in [3.8, 4) is 16.8 Å². The molecule has 1 aliphatic carbocycles. The summed E-state index contributed by atoms with van der Waals surface area (Å²) in [6.07, 6.45) is 6.77. The van der Waals surface area contributed by atoms with E-state index in [4.69, 9.17) is 5.73 Å². The normalized spacial score (nSPS) is 16.6. The number of aliphatic hydroxyl groups excluding tert-OH is 1. The van der Waals surface area contributed by atoms with Crippen LogP contribution < -0.4 is 11.3 Å². The number of hydrogen-bond acceptors (Lipinski definition) is 4. The molecule has 0 spiro atoms. The van der Waals surface area contributed by atoms with Crippen LogP contribution in [0.4, 0.5) is 0 Å². The van der Waals surface area contributed by atoms with E-state index in [-0.39, 0.29) is 24.1 Å². The van der Waals surface area contributed by atoms with Gasteiger partial charge in [-0.3, -0.25) is 19.0 Å². The maximum atomic E-state index is 14.2. The summed E-state index contributed by atoms with van der Waals surface area (Å²) in [4.78, 5) is 40.3. The molecule has 2 amide bonds. The molecule has 1 atom stereocenters. The van der Waals surface area contributed by atoms with Crippen molar-refractivity contribution in [2.24, 2.45) is 12.8 Å². The Bertz CT molecular complexity index is 1740. The number of amides is 2. The first kappa shape index (κ1) is 25.8. The van der Waals surface area contributed by atoms with E-state index in [1.54, 1.807) is 33.3 Å². The lowest BCUT2D eigenvalue weighted by molar-refractivity contribution is -0.133. The van der Waals surface area contributed by atoms with Gasteiger partial charge < -0.3 is 20.3 Å². The first-order chi connectivity index (χ1) is 19.3. The summed E-state index contributed by atoms with van der Waals surface area (Å²) < 4.78 is 3.33. The van der Waals surface area contributed by atoms with Crippen molar-refractivity contribution in [2.45, 2.75) is 44.2 Å². The van der Waals surface area contributed by atoms with Crippen LogP contribution in [-0.4, -0.2) is 43.5 Å². The van der Waals surface area contributed by atoms with Gasteiger partial charge in [0.25, 0.3) is 11.5 Å². The monoisotopic (exact) mass is 536 g/mol. The second-order valence-corrected chi connectivity index (χ2v) is 10.8. The van der Waals surface area contributed by atoms with Crippen LogP contribution in [0.5, 0.6) is 0 Å². The highest BCUT2D eigenvalue weighted by Gasteiger charge is 2.32. The van der Waals surface area contributed by atoms with E-state index in [2.05, 4.69) is 18.7 Å². The third-order valence-electron chi connectivity index (χ3n) is 8.33. The molecule has 2 aromatic heterocycles. The number of carbonyl (C=O) groups is 2. The molecule has 0 radical (unpaired) electrons. The molecule has 2 aliphatic rings. The van der Waals surface area contributed by atoms with E-state index in [0.717, 1.165) is 17.5 Å². The summed E-state index contributed by atoms with van der Waals surface area (Å²) in [7, 11) is 1.74. The summed E-state index contributed by atoms with van der Waals surface area (Å²) in [6.45, 7) is 3.97. The van der Waals surface area contributed by atoms with Gasteiger partial charge in [-0.05, 0) is 72.0 Å². The highest BCUT2D eigenvalue weighted by molar-refractivity contribution is 5.93. The summed E-state index contributed by atoms with van der Waals surface area (Å²) >= 11 is 0. The van der Waals surface area contributed by atoms with Crippen molar-refractivity contribution in [3.05, 3.63) is 100 Å². The Balaban J connectivity index is 1.54. The molecule has 2 aromatic carbocycles. The highest BCUT2D eigenvalue weighted by Crippen LogP contribution is 2.41. The standard InChI is InChI=1S/C32H32N4O4/c1-3-30(38)35-12-11-23(35)16-24-14-21-13-20(19-7-8-19)9-10-26(21)32(40)36(24)28-6-4-5-25(27(28)18-37)22-15-29(31(33)39)34(2)17-22/h3-6,9-10,13-15,17,19,23,37H,1,7-8,11-12,16,18H2,2H3,(H2,33,39). The number of carbonyl (C=O) groups excluding carboxylic acids is 2. The average Bonchev–Trinajstić information content (AvgIpc) is 3.71. The number of pyridine rings is 1. The molecule has 0 bridgehead atoms. The molecule has 3 N–H and O–H groups in total. The van der Waals surface area contributed by atoms with E-state index in [1.807, 2.05) is 30.3 Å². The number of rotatable bonds is 8. The minimum absolute atomic E-state index is 0.0479. The molecule has 1 saturated heterocycles. The zero-order valence-electron chi connectivity index (χ0n) is 22.5. The second kappa shape index (κ2) is 9.95. The average molecular weight is 537 g/mol. The van der Waals surface area contributed by atoms with Gasteiger partial charge in [0.1, 0.15) is 5.69 Å². The third kappa shape index (κ3) is 4.34. The second-order valence-electron chi connectivity index (χ2n) is 10.8. The van der Waals surface area contributed by atoms with Gasteiger partial charge in [0.2, 0.25) is 5.91 Å². The molecule has 40 heavy (non-hydrogen) atoms. The third-order valence-corrected chi connectivity index (χ3v) is 8.33. The maximum absolute atomic E-state index is 14.2. The lowest BCUT2D eigenvalue weighted by Crippen LogP contribution is -2.52. The van der Waals surface area contributed by atoms with Crippen molar-refractivity contribution in [2.75, 3.05) is 6.54 Å². The Morgan fingerprint density at radius 1 is 1.12 bits per heavy atom. The Kier molecular flexibility index (Phi) is 6.43. The van der Waals surface area contributed by atoms with Gasteiger partial charge >= 0.3 is 0 Å². The largest absolute Gasteiger partial charge is 0.392 e. The van der Waals surface area contributed by atoms with Crippen molar-refractivity contribution in [1.29, 1.82) is 0 Å². The van der Waals surface area contributed by atoms with Crippen molar-refractivity contribution < 1.29 is 14.7 Å². The van der Waals surface area contributed by atoms with Gasteiger partial charge in [0.15, 0.2) is 0 Å². The molecular formula is C32H32N4O4. The molecule has 8 nitrogen and oxygen atoms in total. The number of aryl methyl sites for hydroxylation is 1. The van der Waals surface area contributed by atoms with Crippen LogP contribution in [0, 0.1) is 0 Å². The van der Waals surface area contributed by atoms with Crippen LogP contribution in [0.2, 0.25) is 0 Å². The Labute approximate surface area is 231 Å². The number of hydrogen-bond donors (Lipinski definition) is 2. The smallest absolute Gasteiger partial charge is 0.265 e. The lowest BCUT2D eigenvalue weighted by atomic mass is 9.94. The molecular weight excluding hydrogens is 504 g/mol. The summed E-state index contributed by atoms with van der Waals surface area (Å²) in [6, 6.07) is 15.3. The zero-order valence-corrected chi connectivity index (χ0v) is 22.5. The molecule has 1 aliphatic heterocycles. The molecule has 2 fully saturated rings. The molecule has 4 aromatic rings. The number of nitrogens with zero attached hydrogens (tertiary/aromatic N) is 3. The van der Waals surface area contributed by atoms with Crippen LogP contribution in [0.1, 0.15) is 52.5 Å². The fourth-order valence-electron chi connectivity index (χ4n) is 5.95. The minimum Gasteiger partial charge on any atom is -0.392 e. The number of fused-ring (bicyclic) bond motifs is 1. The van der Waals surface area contributed by atoms with E-state index in [9.17, 15) is 19.5 Å². The molecule has 204 valence electrons. The Morgan fingerprint density at radius 2 is 1.93 bits per heavy atom. The number of benzene rings is 2. The molecule has 6 rings (SSSR count). The van der Waals surface area contributed by atoms with Crippen LogP contribution in [0.3, 0.4) is 0 Å². The fourth-order valence-corrected chi connectivity index (χ4v) is 5.95. The number of aliphatic hydroxyl groups is 1. The van der Waals surface area contributed by atoms with Crippen molar-refractivity contribution in [3.63, 3.8) is 0 Å². The van der Waals surface area contributed by atoms with Crippen molar-refractivity contribution in [1.82, 2.24) is 14.0 Å². The van der Waals surface area contributed by atoms with Gasteiger partial charge in [-0.25, -0.2) is 0 Å². The van der Waals surface area contributed by atoms with Gasteiger partial charge in [-0.15, -0.1) is 0 Å². The van der Waals surface area contributed by atoms with Gasteiger partial charge in [-0.1, -0.05) is 30.8 Å². The lowest BCUT2D eigenvalue weighted by Gasteiger charge is -2.41. The number of primary amides is 1.